The lowest BCUT2D eigenvalue weighted by Gasteiger charge is -2.24. The van der Waals surface area contributed by atoms with Gasteiger partial charge in [-0.05, 0) is 37.3 Å². The van der Waals surface area contributed by atoms with Gasteiger partial charge in [-0.3, -0.25) is 4.79 Å². The topological polar surface area (TPSA) is 41.1 Å². The molecule has 1 aromatic heterocycles. The van der Waals surface area contributed by atoms with Gasteiger partial charge in [-0.1, -0.05) is 19.9 Å². The molecule has 1 aromatic rings. The SMILES string of the molecule is CC(C)C(NC(=O)C1CCNC1C)c1cccs1. The van der Waals surface area contributed by atoms with Crippen molar-refractivity contribution in [3.05, 3.63) is 22.4 Å². The van der Waals surface area contributed by atoms with Crippen LogP contribution in [0.4, 0.5) is 0 Å². The second kappa shape index (κ2) is 5.85. The molecule has 18 heavy (non-hydrogen) atoms. The lowest BCUT2D eigenvalue weighted by molar-refractivity contribution is -0.126. The molecule has 0 spiro atoms. The second-order valence-electron chi connectivity index (χ2n) is 5.38. The van der Waals surface area contributed by atoms with E-state index in [4.69, 9.17) is 0 Å². The molecule has 1 aliphatic rings. The second-order valence-corrected chi connectivity index (χ2v) is 6.36. The van der Waals surface area contributed by atoms with Crippen LogP contribution in [0.5, 0.6) is 0 Å². The van der Waals surface area contributed by atoms with E-state index in [0.717, 1.165) is 13.0 Å². The molecular weight excluding hydrogens is 244 g/mol. The van der Waals surface area contributed by atoms with Gasteiger partial charge in [0.1, 0.15) is 0 Å². The molecule has 1 aliphatic heterocycles. The molecule has 1 amide bonds. The lowest BCUT2D eigenvalue weighted by Crippen LogP contribution is -2.39. The van der Waals surface area contributed by atoms with Crippen molar-refractivity contribution in [1.29, 1.82) is 0 Å². The van der Waals surface area contributed by atoms with Crippen molar-refractivity contribution >= 4 is 17.2 Å². The van der Waals surface area contributed by atoms with E-state index in [1.807, 2.05) is 6.07 Å². The summed E-state index contributed by atoms with van der Waals surface area (Å²) >= 11 is 1.71. The van der Waals surface area contributed by atoms with Gasteiger partial charge in [0.05, 0.1) is 12.0 Å². The van der Waals surface area contributed by atoms with Crippen LogP contribution in [0.15, 0.2) is 17.5 Å². The average Bonchev–Trinajstić information content (AvgIpc) is 2.95. The summed E-state index contributed by atoms with van der Waals surface area (Å²) in [7, 11) is 0. The van der Waals surface area contributed by atoms with Crippen LogP contribution in [0.1, 0.15) is 38.1 Å². The summed E-state index contributed by atoms with van der Waals surface area (Å²) in [4.78, 5) is 13.6. The molecule has 2 N–H and O–H groups in total. The van der Waals surface area contributed by atoms with E-state index >= 15 is 0 Å². The number of carbonyl (C=O) groups excluding carboxylic acids is 1. The first-order valence-electron chi connectivity index (χ1n) is 6.66. The van der Waals surface area contributed by atoms with Gasteiger partial charge < -0.3 is 10.6 Å². The minimum absolute atomic E-state index is 0.117. The number of nitrogens with one attached hydrogen (secondary N) is 2. The third kappa shape index (κ3) is 2.93. The molecule has 0 aliphatic carbocycles. The van der Waals surface area contributed by atoms with Gasteiger partial charge in [0.25, 0.3) is 0 Å². The Balaban J connectivity index is 2.03. The quantitative estimate of drug-likeness (QED) is 0.879. The third-order valence-electron chi connectivity index (χ3n) is 3.68. The van der Waals surface area contributed by atoms with Crippen LogP contribution >= 0.6 is 11.3 Å². The van der Waals surface area contributed by atoms with Crippen molar-refractivity contribution in [3.63, 3.8) is 0 Å². The molecule has 1 fully saturated rings. The molecule has 3 nitrogen and oxygen atoms in total. The van der Waals surface area contributed by atoms with E-state index in [1.165, 1.54) is 4.88 Å². The maximum absolute atomic E-state index is 12.3. The van der Waals surface area contributed by atoms with Gasteiger partial charge in [-0.15, -0.1) is 11.3 Å². The normalized spacial score (nSPS) is 25.3. The van der Waals surface area contributed by atoms with Crippen molar-refractivity contribution in [3.8, 4) is 0 Å². The summed E-state index contributed by atoms with van der Waals surface area (Å²) in [6.45, 7) is 7.35. The van der Waals surface area contributed by atoms with E-state index in [1.54, 1.807) is 11.3 Å². The minimum atomic E-state index is 0.117. The number of rotatable bonds is 4. The predicted molar refractivity (Wildman–Crippen MR) is 75.6 cm³/mol. The van der Waals surface area contributed by atoms with Crippen molar-refractivity contribution < 1.29 is 4.79 Å². The summed E-state index contributed by atoms with van der Waals surface area (Å²) in [6, 6.07) is 4.58. The summed E-state index contributed by atoms with van der Waals surface area (Å²) in [5.41, 5.74) is 0. The highest BCUT2D eigenvalue weighted by Gasteiger charge is 2.31. The molecule has 1 saturated heterocycles. The van der Waals surface area contributed by atoms with E-state index < -0.39 is 0 Å². The van der Waals surface area contributed by atoms with Crippen molar-refractivity contribution in [2.24, 2.45) is 11.8 Å². The molecule has 2 heterocycles. The monoisotopic (exact) mass is 266 g/mol. The number of carbonyl (C=O) groups is 1. The van der Waals surface area contributed by atoms with Crippen molar-refractivity contribution in [2.45, 2.75) is 39.3 Å². The van der Waals surface area contributed by atoms with Gasteiger partial charge in [-0.2, -0.15) is 0 Å². The third-order valence-corrected chi connectivity index (χ3v) is 4.63. The van der Waals surface area contributed by atoms with Gasteiger partial charge >= 0.3 is 0 Å². The fourth-order valence-electron chi connectivity index (χ4n) is 2.51. The molecule has 4 heteroatoms. The number of amides is 1. The van der Waals surface area contributed by atoms with E-state index in [2.05, 4.69) is 42.9 Å². The highest BCUT2D eigenvalue weighted by Crippen LogP contribution is 2.27. The average molecular weight is 266 g/mol. The zero-order valence-corrected chi connectivity index (χ0v) is 12.1. The Morgan fingerprint density at radius 2 is 2.33 bits per heavy atom. The first-order chi connectivity index (χ1) is 8.59. The van der Waals surface area contributed by atoms with Crippen LogP contribution in [0.3, 0.4) is 0 Å². The molecule has 3 unspecified atom stereocenters. The predicted octanol–water partition coefficient (Wildman–Crippen LogP) is 2.56. The van der Waals surface area contributed by atoms with Crippen LogP contribution in [0, 0.1) is 11.8 Å². The van der Waals surface area contributed by atoms with Crippen LogP contribution in [0.25, 0.3) is 0 Å². The fourth-order valence-corrected chi connectivity index (χ4v) is 3.46. The van der Waals surface area contributed by atoms with Gasteiger partial charge in [0.2, 0.25) is 5.91 Å². The Morgan fingerprint density at radius 3 is 2.83 bits per heavy atom. The van der Waals surface area contributed by atoms with Gasteiger partial charge in [-0.25, -0.2) is 0 Å². The number of hydrogen-bond donors (Lipinski definition) is 2. The molecule has 3 atom stereocenters. The van der Waals surface area contributed by atoms with Crippen molar-refractivity contribution in [2.75, 3.05) is 6.54 Å². The molecule has 2 rings (SSSR count). The summed E-state index contributed by atoms with van der Waals surface area (Å²) in [5, 5.41) is 8.62. The first kappa shape index (κ1) is 13.6. The summed E-state index contributed by atoms with van der Waals surface area (Å²) in [5.74, 6) is 0.725. The van der Waals surface area contributed by atoms with Crippen LogP contribution in [0.2, 0.25) is 0 Å². The van der Waals surface area contributed by atoms with Gasteiger partial charge in [0.15, 0.2) is 0 Å². The molecule has 0 saturated carbocycles. The van der Waals surface area contributed by atoms with Gasteiger partial charge in [0, 0.05) is 10.9 Å². The lowest BCUT2D eigenvalue weighted by atomic mass is 9.98. The Labute approximate surface area is 113 Å². The summed E-state index contributed by atoms with van der Waals surface area (Å²) in [6.07, 6.45) is 0.947. The van der Waals surface area contributed by atoms with E-state index in [0.29, 0.717) is 12.0 Å². The highest BCUT2D eigenvalue weighted by atomic mass is 32.1. The standard InChI is InChI=1S/C14H22N2OS/c1-9(2)13(12-5-4-8-18-12)16-14(17)11-6-7-15-10(11)3/h4-5,8-11,13,15H,6-7H2,1-3H3,(H,16,17). The molecule has 0 aromatic carbocycles. The zero-order valence-electron chi connectivity index (χ0n) is 11.3. The fraction of sp³-hybridized carbons (Fsp3) is 0.643. The number of hydrogen-bond acceptors (Lipinski definition) is 3. The van der Waals surface area contributed by atoms with Crippen LogP contribution in [-0.4, -0.2) is 18.5 Å². The Kier molecular flexibility index (Phi) is 4.40. The van der Waals surface area contributed by atoms with Crippen molar-refractivity contribution in [1.82, 2.24) is 10.6 Å². The first-order valence-corrected chi connectivity index (χ1v) is 7.54. The molecule has 0 radical (unpaired) electrons. The minimum Gasteiger partial charge on any atom is -0.348 e. The van der Waals surface area contributed by atoms with Crippen LogP contribution in [-0.2, 0) is 4.79 Å². The Bertz CT molecular complexity index is 389. The largest absolute Gasteiger partial charge is 0.348 e. The number of thiophene rings is 1. The highest BCUT2D eigenvalue weighted by molar-refractivity contribution is 7.10. The van der Waals surface area contributed by atoms with E-state index in [-0.39, 0.29) is 17.9 Å². The van der Waals surface area contributed by atoms with Crippen LogP contribution < -0.4 is 10.6 Å². The molecular formula is C14H22N2OS. The summed E-state index contributed by atoms with van der Waals surface area (Å²) < 4.78 is 0. The molecule has 100 valence electrons. The maximum Gasteiger partial charge on any atom is 0.225 e. The Hall–Kier alpha value is -0.870. The Morgan fingerprint density at radius 1 is 1.56 bits per heavy atom. The molecule has 0 bridgehead atoms. The van der Waals surface area contributed by atoms with E-state index in [9.17, 15) is 4.79 Å². The smallest absolute Gasteiger partial charge is 0.225 e. The maximum atomic E-state index is 12.3. The zero-order chi connectivity index (χ0) is 13.1.